The van der Waals surface area contributed by atoms with Gasteiger partial charge in [0.25, 0.3) is 0 Å². The minimum absolute atomic E-state index is 0.449. The highest BCUT2D eigenvalue weighted by atomic mass is 16.1. The average Bonchev–Trinajstić information content (AvgIpc) is 3.42. The van der Waals surface area contributed by atoms with Crippen molar-refractivity contribution in [3.8, 4) is 11.4 Å². The van der Waals surface area contributed by atoms with Crippen molar-refractivity contribution >= 4 is 49.5 Å². The zero-order chi connectivity index (χ0) is 23.5. The van der Waals surface area contributed by atoms with Crippen molar-refractivity contribution in [3.63, 3.8) is 0 Å². The Morgan fingerprint density at radius 2 is 0.800 bits per heavy atom. The molecule has 0 unspecified atom stereocenters. The number of hydrogen-bond acceptors (Lipinski definition) is 1. The van der Waals surface area contributed by atoms with E-state index < -0.39 is 5.91 Å². The first-order chi connectivity index (χ1) is 17.2. The van der Waals surface area contributed by atoms with E-state index in [9.17, 15) is 4.79 Å². The number of amides is 1. The number of fused-ring (bicyclic) bond motifs is 6. The Kier molecular flexibility index (Phi) is 4.11. The summed E-state index contributed by atoms with van der Waals surface area (Å²) in [6.07, 6.45) is 0. The van der Waals surface area contributed by atoms with Crippen LogP contribution in [0.3, 0.4) is 0 Å². The summed E-state index contributed by atoms with van der Waals surface area (Å²) in [5.74, 6) is -0.449. The number of aromatic nitrogens is 2. The van der Waals surface area contributed by atoms with Gasteiger partial charge in [-0.25, -0.2) is 0 Å². The van der Waals surface area contributed by atoms with Crippen molar-refractivity contribution in [2.45, 2.75) is 0 Å². The maximum absolute atomic E-state index is 12.5. The van der Waals surface area contributed by atoms with Gasteiger partial charge in [0.1, 0.15) is 0 Å². The predicted molar refractivity (Wildman–Crippen MR) is 144 cm³/mol. The molecule has 2 heterocycles. The molecule has 166 valence electrons. The third-order valence-electron chi connectivity index (χ3n) is 6.86. The molecule has 0 aliphatic carbocycles. The highest BCUT2D eigenvalue weighted by Crippen LogP contribution is 2.35. The van der Waals surface area contributed by atoms with Crippen LogP contribution >= 0.6 is 0 Å². The quantitative estimate of drug-likeness (QED) is 0.310. The molecule has 0 radical (unpaired) electrons. The largest absolute Gasteiger partial charge is 0.366 e. The van der Waals surface area contributed by atoms with E-state index in [2.05, 4.69) is 88.0 Å². The lowest BCUT2D eigenvalue weighted by Crippen LogP contribution is -2.12. The fourth-order valence-corrected chi connectivity index (χ4v) is 5.40. The Bertz CT molecular complexity index is 1700. The molecule has 0 fully saturated rings. The molecule has 4 nitrogen and oxygen atoms in total. The van der Waals surface area contributed by atoms with Crippen LogP contribution in [0.15, 0.2) is 115 Å². The van der Waals surface area contributed by atoms with Gasteiger partial charge in [0, 0.05) is 38.5 Å². The van der Waals surface area contributed by atoms with E-state index in [0.29, 0.717) is 5.56 Å². The highest BCUT2D eigenvalue weighted by molar-refractivity contribution is 6.11. The molecule has 0 atom stereocenters. The number of rotatable bonds is 3. The van der Waals surface area contributed by atoms with Crippen LogP contribution in [0.2, 0.25) is 0 Å². The Labute approximate surface area is 201 Å². The number of para-hydroxylation sites is 4. The molecule has 0 bridgehead atoms. The van der Waals surface area contributed by atoms with Gasteiger partial charge in [0.15, 0.2) is 0 Å². The third kappa shape index (κ3) is 2.83. The lowest BCUT2D eigenvalue weighted by Gasteiger charge is -2.14. The van der Waals surface area contributed by atoms with Crippen LogP contribution in [0, 0.1) is 0 Å². The summed E-state index contributed by atoms with van der Waals surface area (Å²) in [5.41, 5.74) is 12.5. The molecule has 0 spiro atoms. The summed E-state index contributed by atoms with van der Waals surface area (Å²) >= 11 is 0. The number of carbonyl (C=O) groups excluding carboxylic acids is 1. The van der Waals surface area contributed by atoms with Gasteiger partial charge in [0.2, 0.25) is 5.91 Å². The second-order valence-electron chi connectivity index (χ2n) is 8.84. The molecule has 1 amide bonds. The molecule has 2 aromatic heterocycles. The summed E-state index contributed by atoms with van der Waals surface area (Å²) in [6.45, 7) is 0. The predicted octanol–water partition coefficient (Wildman–Crippen LogP) is 6.98. The smallest absolute Gasteiger partial charge is 0.248 e. The molecule has 0 aliphatic rings. The first-order valence-electron chi connectivity index (χ1n) is 11.6. The molecule has 35 heavy (non-hydrogen) atoms. The lowest BCUT2D eigenvalue weighted by molar-refractivity contribution is 0.1000. The lowest BCUT2D eigenvalue weighted by atomic mass is 10.1. The van der Waals surface area contributed by atoms with Gasteiger partial charge in [0.05, 0.1) is 22.1 Å². The topological polar surface area (TPSA) is 53.0 Å². The SMILES string of the molecule is NC(=O)c1cc(-n2c3ccccc3c3ccccc32)cc(-n2c3ccccc3c3ccccc32)c1. The van der Waals surface area contributed by atoms with Crippen molar-refractivity contribution < 1.29 is 4.79 Å². The normalized spacial score (nSPS) is 11.7. The maximum atomic E-state index is 12.5. The van der Waals surface area contributed by atoms with E-state index in [4.69, 9.17) is 5.73 Å². The van der Waals surface area contributed by atoms with Crippen molar-refractivity contribution in [1.82, 2.24) is 9.13 Å². The van der Waals surface area contributed by atoms with Crippen molar-refractivity contribution in [3.05, 3.63) is 121 Å². The maximum Gasteiger partial charge on any atom is 0.248 e. The van der Waals surface area contributed by atoms with Crippen LogP contribution in [0.4, 0.5) is 0 Å². The number of primary amides is 1. The van der Waals surface area contributed by atoms with E-state index in [-0.39, 0.29) is 0 Å². The van der Waals surface area contributed by atoms with Crippen molar-refractivity contribution in [2.75, 3.05) is 0 Å². The average molecular weight is 452 g/mol. The monoisotopic (exact) mass is 451 g/mol. The Hall–Kier alpha value is -4.83. The Morgan fingerprint density at radius 1 is 0.486 bits per heavy atom. The summed E-state index contributed by atoms with van der Waals surface area (Å²) < 4.78 is 4.43. The van der Waals surface area contributed by atoms with Gasteiger partial charge in [-0.3, -0.25) is 4.79 Å². The van der Waals surface area contributed by atoms with Gasteiger partial charge >= 0.3 is 0 Å². The Morgan fingerprint density at radius 3 is 1.11 bits per heavy atom. The molecule has 0 saturated heterocycles. The Balaban J connectivity index is 1.61. The van der Waals surface area contributed by atoms with Crippen LogP contribution in [-0.4, -0.2) is 15.0 Å². The van der Waals surface area contributed by atoms with Gasteiger partial charge in [-0.15, -0.1) is 0 Å². The van der Waals surface area contributed by atoms with Gasteiger partial charge in [-0.05, 0) is 42.5 Å². The number of hydrogen-bond donors (Lipinski definition) is 1. The number of carbonyl (C=O) groups is 1. The third-order valence-corrected chi connectivity index (χ3v) is 6.86. The van der Waals surface area contributed by atoms with E-state index in [1.807, 2.05) is 36.4 Å². The number of nitrogens with zero attached hydrogens (tertiary/aromatic N) is 2. The molecule has 0 aliphatic heterocycles. The van der Waals surface area contributed by atoms with Gasteiger partial charge in [-0.1, -0.05) is 72.8 Å². The minimum atomic E-state index is -0.449. The molecule has 0 saturated carbocycles. The first-order valence-corrected chi connectivity index (χ1v) is 11.6. The second kappa shape index (κ2) is 7.34. The van der Waals surface area contributed by atoms with Gasteiger partial charge in [-0.2, -0.15) is 0 Å². The molecule has 7 aromatic rings. The van der Waals surface area contributed by atoms with E-state index in [1.54, 1.807) is 0 Å². The summed E-state index contributed by atoms with van der Waals surface area (Å²) in [5, 5.41) is 4.69. The molecule has 5 aromatic carbocycles. The highest BCUT2D eigenvalue weighted by Gasteiger charge is 2.17. The first kappa shape index (κ1) is 19.6. The summed E-state index contributed by atoms with van der Waals surface area (Å²) in [6, 6.07) is 39.4. The van der Waals surface area contributed by atoms with Crippen LogP contribution in [0.1, 0.15) is 10.4 Å². The number of benzene rings is 5. The summed E-state index contributed by atoms with van der Waals surface area (Å²) in [7, 11) is 0. The van der Waals surface area contributed by atoms with E-state index in [1.165, 1.54) is 21.5 Å². The molecular formula is C31H21N3O. The molecular weight excluding hydrogens is 430 g/mol. The fourth-order valence-electron chi connectivity index (χ4n) is 5.40. The van der Waals surface area contributed by atoms with Crippen LogP contribution in [-0.2, 0) is 0 Å². The molecule has 4 heteroatoms. The van der Waals surface area contributed by atoms with E-state index >= 15 is 0 Å². The standard InChI is InChI=1S/C31H21N3O/c32-31(35)20-17-21(33-27-13-5-1-9-23(27)24-10-2-6-14-28(24)33)19-22(18-20)34-29-15-7-3-11-25(29)26-12-4-8-16-30(26)34/h1-19H,(H2,32,35). The zero-order valence-corrected chi connectivity index (χ0v) is 18.8. The second-order valence-corrected chi connectivity index (χ2v) is 8.84. The van der Waals surface area contributed by atoms with Crippen LogP contribution in [0.25, 0.3) is 55.0 Å². The zero-order valence-electron chi connectivity index (χ0n) is 18.8. The number of nitrogens with two attached hydrogens (primary N) is 1. The summed E-state index contributed by atoms with van der Waals surface area (Å²) in [4.78, 5) is 12.5. The van der Waals surface area contributed by atoms with Crippen LogP contribution in [0.5, 0.6) is 0 Å². The molecule has 2 N–H and O–H groups in total. The van der Waals surface area contributed by atoms with E-state index in [0.717, 1.165) is 33.4 Å². The molecule has 7 rings (SSSR count). The van der Waals surface area contributed by atoms with Gasteiger partial charge < -0.3 is 14.9 Å². The minimum Gasteiger partial charge on any atom is -0.366 e. The van der Waals surface area contributed by atoms with Crippen LogP contribution < -0.4 is 5.73 Å². The van der Waals surface area contributed by atoms with Crippen molar-refractivity contribution in [2.24, 2.45) is 5.73 Å². The fraction of sp³-hybridized carbons (Fsp3) is 0. The van der Waals surface area contributed by atoms with Crippen molar-refractivity contribution in [1.29, 1.82) is 0 Å².